The Balaban J connectivity index is 1.33. The van der Waals surface area contributed by atoms with E-state index in [2.05, 4.69) is 20.7 Å². The number of nitrogens with zero attached hydrogens (tertiary/aromatic N) is 3. The van der Waals surface area contributed by atoms with Gasteiger partial charge in [0, 0.05) is 17.7 Å². The molecule has 0 fully saturated rings. The Kier molecular flexibility index (Phi) is 6.51. The number of aromatic nitrogens is 2. The van der Waals surface area contributed by atoms with Crippen LogP contribution in [-0.2, 0) is 6.61 Å². The third-order valence-electron chi connectivity index (χ3n) is 4.70. The molecule has 1 amide bonds. The van der Waals surface area contributed by atoms with Crippen molar-refractivity contribution in [2.24, 2.45) is 5.10 Å². The number of ether oxygens (including phenoxy) is 1. The predicted molar refractivity (Wildman–Crippen MR) is 123 cm³/mol. The number of non-ortho nitro benzene ring substituents is 1. The number of nitrogens with one attached hydrogen (secondary N) is 2. The fourth-order valence-electron chi connectivity index (χ4n) is 2.96. The summed E-state index contributed by atoms with van der Waals surface area (Å²) in [5, 5.41) is 21.4. The number of nitro groups is 1. The second kappa shape index (κ2) is 10.0. The van der Waals surface area contributed by atoms with Crippen molar-refractivity contribution in [2.45, 2.75) is 6.61 Å². The number of rotatable bonds is 8. The molecular formula is C24H19N5O4. The molecule has 2 N–H and O–H groups in total. The highest BCUT2D eigenvalue weighted by molar-refractivity contribution is 5.94. The van der Waals surface area contributed by atoms with Crippen LogP contribution in [0.3, 0.4) is 0 Å². The Hall–Kier alpha value is -4.79. The lowest BCUT2D eigenvalue weighted by Crippen LogP contribution is -2.17. The third-order valence-corrected chi connectivity index (χ3v) is 4.70. The summed E-state index contributed by atoms with van der Waals surface area (Å²) in [5.74, 6) is 0.270. The summed E-state index contributed by atoms with van der Waals surface area (Å²) in [6.07, 6.45) is 1.40. The molecule has 164 valence electrons. The number of benzene rings is 3. The number of hydrogen-bond acceptors (Lipinski definition) is 6. The molecule has 4 aromatic rings. The average molecular weight is 441 g/mol. The van der Waals surface area contributed by atoms with Crippen LogP contribution in [0.1, 0.15) is 21.6 Å². The summed E-state index contributed by atoms with van der Waals surface area (Å²) in [4.78, 5) is 22.5. The van der Waals surface area contributed by atoms with Gasteiger partial charge in [-0.25, -0.2) is 5.43 Å². The number of hydrogen-bond donors (Lipinski definition) is 2. The smallest absolute Gasteiger partial charge is 0.289 e. The van der Waals surface area contributed by atoms with Crippen LogP contribution < -0.4 is 10.2 Å². The topological polar surface area (TPSA) is 123 Å². The first kappa shape index (κ1) is 21.4. The Labute approximate surface area is 188 Å². The van der Waals surface area contributed by atoms with Crippen LogP contribution in [0, 0.1) is 10.1 Å². The van der Waals surface area contributed by atoms with Gasteiger partial charge in [0.15, 0.2) is 0 Å². The largest absolute Gasteiger partial charge is 0.489 e. The first-order valence-electron chi connectivity index (χ1n) is 9.99. The zero-order valence-corrected chi connectivity index (χ0v) is 17.3. The summed E-state index contributed by atoms with van der Waals surface area (Å²) >= 11 is 0. The zero-order chi connectivity index (χ0) is 23.0. The van der Waals surface area contributed by atoms with Gasteiger partial charge in [-0.15, -0.1) is 0 Å². The second-order valence-electron chi connectivity index (χ2n) is 7.01. The van der Waals surface area contributed by atoms with Gasteiger partial charge >= 0.3 is 0 Å². The molecule has 0 saturated carbocycles. The minimum atomic E-state index is -0.482. The van der Waals surface area contributed by atoms with Gasteiger partial charge in [-0.1, -0.05) is 30.3 Å². The second-order valence-corrected chi connectivity index (χ2v) is 7.01. The lowest BCUT2D eigenvalue weighted by molar-refractivity contribution is -0.384. The van der Waals surface area contributed by atoms with E-state index in [1.807, 2.05) is 54.6 Å². The average Bonchev–Trinajstić information content (AvgIpc) is 3.34. The minimum absolute atomic E-state index is 0.0167. The van der Waals surface area contributed by atoms with E-state index in [4.69, 9.17) is 4.74 Å². The summed E-state index contributed by atoms with van der Waals surface area (Å²) in [7, 11) is 0. The molecule has 0 radical (unpaired) electrons. The molecule has 0 spiro atoms. The number of hydrazone groups is 1. The van der Waals surface area contributed by atoms with E-state index >= 15 is 0 Å². The van der Waals surface area contributed by atoms with Gasteiger partial charge in [0.2, 0.25) is 0 Å². The highest BCUT2D eigenvalue weighted by Gasteiger charge is 2.11. The van der Waals surface area contributed by atoms with Crippen LogP contribution >= 0.6 is 0 Å². The van der Waals surface area contributed by atoms with Gasteiger partial charge in [-0.3, -0.25) is 20.0 Å². The predicted octanol–water partition coefficient (Wildman–Crippen LogP) is 4.33. The molecule has 33 heavy (non-hydrogen) atoms. The van der Waals surface area contributed by atoms with Crippen molar-refractivity contribution < 1.29 is 14.5 Å². The van der Waals surface area contributed by atoms with E-state index in [0.717, 1.165) is 16.9 Å². The standard InChI is InChI=1S/C24H19N5O4/c30-24(28-25-15-17-6-10-20(11-7-17)29(31)32)23-14-22(26-27-23)19-8-12-21(13-9-19)33-16-18-4-2-1-3-5-18/h1-15H,16H2,(H,26,27)(H,28,30)/b25-15+. The first-order chi connectivity index (χ1) is 16.1. The zero-order valence-electron chi connectivity index (χ0n) is 17.3. The SMILES string of the molecule is O=C(N/N=C/c1ccc([N+](=O)[O-])cc1)c1cc(-c2ccc(OCc3ccccc3)cc2)n[nH]1. The van der Waals surface area contributed by atoms with Crippen molar-refractivity contribution in [3.63, 3.8) is 0 Å². The van der Waals surface area contributed by atoms with E-state index in [0.29, 0.717) is 17.9 Å². The Morgan fingerprint density at radius 3 is 2.48 bits per heavy atom. The van der Waals surface area contributed by atoms with Crippen LogP contribution in [0.5, 0.6) is 5.75 Å². The fourth-order valence-corrected chi connectivity index (χ4v) is 2.96. The number of amides is 1. The lowest BCUT2D eigenvalue weighted by atomic mass is 10.1. The summed E-state index contributed by atoms with van der Waals surface area (Å²) < 4.78 is 5.78. The van der Waals surface area contributed by atoms with Crippen LogP contribution in [0.15, 0.2) is 90.0 Å². The molecule has 4 rings (SSSR count). The summed E-state index contributed by atoms with van der Waals surface area (Å²) in [6, 6.07) is 24.7. The van der Waals surface area contributed by atoms with E-state index in [1.165, 1.54) is 30.5 Å². The maximum Gasteiger partial charge on any atom is 0.289 e. The maximum absolute atomic E-state index is 12.3. The Bertz CT molecular complexity index is 1270. The summed E-state index contributed by atoms with van der Waals surface area (Å²) in [6.45, 7) is 0.479. The van der Waals surface area contributed by atoms with Crippen molar-refractivity contribution >= 4 is 17.8 Å². The molecule has 0 bridgehead atoms. The monoisotopic (exact) mass is 441 g/mol. The molecule has 3 aromatic carbocycles. The van der Waals surface area contributed by atoms with Crippen molar-refractivity contribution in [2.75, 3.05) is 0 Å². The number of carbonyl (C=O) groups excluding carboxylic acids is 1. The van der Waals surface area contributed by atoms with Gasteiger partial charge in [-0.05, 0) is 53.6 Å². The van der Waals surface area contributed by atoms with Gasteiger partial charge in [-0.2, -0.15) is 10.2 Å². The van der Waals surface area contributed by atoms with Gasteiger partial charge < -0.3 is 4.74 Å². The van der Waals surface area contributed by atoms with Crippen LogP contribution in [0.4, 0.5) is 5.69 Å². The van der Waals surface area contributed by atoms with Gasteiger partial charge in [0.1, 0.15) is 18.1 Å². The molecule has 0 saturated heterocycles. The highest BCUT2D eigenvalue weighted by atomic mass is 16.6. The number of H-pyrrole nitrogens is 1. The molecule has 0 aliphatic carbocycles. The molecular weight excluding hydrogens is 422 g/mol. The van der Waals surface area contributed by atoms with Crippen molar-refractivity contribution in [3.8, 4) is 17.0 Å². The number of carbonyl (C=O) groups is 1. The molecule has 1 heterocycles. The molecule has 0 aliphatic heterocycles. The Morgan fingerprint density at radius 2 is 1.79 bits per heavy atom. The minimum Gasteiger partial charge on any atom is -0.489 e. The summed E-state index contributed by atoms with van der Waals surface area (Å²) in [5.41, 5.74) is 5.75. The highest BCUT2D eigenvalue weighted by Crippen LogP contribution is 2.22. The van der Waals surface area contributed by atoms with E-state index < -0.39 is 10.8 Å². The molecule has 9 heteroatoms. The molecule has 0 unspecified atom stereocenters. The van der Waals surface area contributed by atoms with Crippen molar-refractivity contribution in [1.29, 1.82) is 0 Å². The maximum atomic E-state index is 12.3. The Morgan fingerprint density at radius 1 is 1.06 bits per heavy atom. The fraction of sp³-hybridized carbons (Fsp3) is 0.0417. The van der Waals surface area contributed by atoms with Gasteiger partial charge in [0.25, 0.3) is 11.6 Å². The van der Waals surface area contributed by atoms with Crippen molar-refractivity contribution in [3.05, 3.63) is 112 Å². The number of aromatic amines is 1. The lowest BCUT2D eigenvalue weighted by Gasteiger charge is -2.06. The van der Waals surface area contributed by atoms with E-state index in [9.17, 15) is 14.9 Å². The molecule has 0 atom stereocenters. The normalized spacial score (nSPS) is 10.8. The van der Waals surface area contributed by atoms with Crippen LogP contribution in [0.2, 0.25) is 0 Å². The van der Waals surface area contributed by atoms with E-state index in [-0.39, 0.29) is 11.4 Å². The van der Waals surface area contributed by atoms with Crippen LogP contribution in [-0.4, -0.2) is 27.2 Å². The third kappa shape index (κ3) is 5.67. The molecule has 0 aliphatic rings. The van der Waals surface area contributed by atoms with Gasteiger partial charge in [0.05, 0.1) is 16.8 Å². The quantitative estimate of drug-likeness (QED) is 0.239. The van der Waals surface area contributed by atoms with E-state index in [1.54, 1.807) is 6.07 Å². The first-order valence-corrected chi connectivity index (χ1v) is 9.99. The molecule has 9 nitrogen and oxygen atoms in total. The molecule has 1 aromatic heterocycles. The van der Waals surface area contributed by atoms with Crippen molar-refractivity contribution in [1.82, 2.24) is 15.6 Å². The number of nitro benzene ring substituents is 1. The van der Waals surface area contributed by atoms with Crippen LogP contribution in [0.25, 0.3) is 11.3 Å².